The molecule has 8 nitrogen and oxygen atoms in total. The third-order valence-corrected chi connectivity index (χ3v) is 6.47. The molecule has 0 bridgehead atoms. The molecule has 0 aromatic heterocycles. The minimum absolute atomic E-state index is 0.0244. The molecule has 0 aromatic carbocycles. The first-order chi connectivity index (χ1) is 21.0. The van der Waals surface area contributed by atoms with Crippen LogP contribution in [0.25, 0.3) is 0 Å². The highest BCUT2D eigenvalue weighted by Gasteiger charge is 2.12. The molecule has 0 fully saturated rings. The van der Waals surface area contributed by atoms with Gasteiger partial charge < -0.3 is 20.7 Å². The Morgan fingerprint density at radius 3 is 2.32 bits per heavy atom. The van der Waals surface area contributed by atoms with Gasteiger partial charge in [-0.3, -0.25) is 9.80 Å². The number of likely N-dealkylation sites (N-methyl/N-ethyl adjacent to an activating group) is 2. The Bertz CT molecular complexity index is 1100. The number of amidine groups is 1. The lowest BCUT2D eigenvalue weighted by molar-refractivity contribution is -0.121. The summed E-state index contributed by atoms with van der Waals surface area (Å²) in [4.78, 5) is 29.5. The van der Waals surface area contributed by atoms with Gasteiger partial charge in [0.1, 0.15) is 18.7 Å². The van der Waals surface area contributed by atoms with E-state index in [1.807, 2.05) is 51.2 Å². The fourth-order valence-corrected chi connectivity index (χ4v) is 4.18. The standard InChI is InChI=1S/C36H58N6O2/c1-10-13-14-21-34(32(7)42(22-11-2)23-12-3)25-35(37)40-31(6)18-16-20-33(19-15-17-29(4)28-43)24-30(5)26-39-41(9)27-36(44)38-8/h10,13,15-17,20-21,24,26,28-30H,6-7,11-12,14,18-19,22-23,25,27H2,1-5,8-9H3,(H2,37,40)(H,38,44)/b13-10-,17-15-,20-16?,33-24+,34-21+,39-26-. The van der Waals surface area contributed by atoms with E-state index in [2.05, 4.69) is 65.5 Å². The second-order valence-corrected chi connectivity index (χ2v) is 10.9. The molecule has 0 aliphatic carbocycles. The molecule has 0 saturated carbocycles. The van der Waals surface area contributed by atoms with Crippen LogP contribution < -0.4 is 11.1 Å². The first kappa shape index (κ1) is 40.1. The van der Waals surface area contributed by atoms with Crippen molar-refractivity contribution in [2.75, 3.05) is 33.7 Å². The van der Waals surface area contributed by atoms with Crippen LogP contribution in [0.15, 0.2) is 94.4 Å². The van der Waals surface area contributed by atoms with Gasteiger partial charge >= 0.3 is 0 Å². The molecule has 1 amide bonds. The van der Waals surface area contributed by atoms with Crippen molar-refractivity contribution in [3.63, 3.8) is 0 Å². The minimum atomic E-state index is -0.140. The number of carbonyl (C=O) groups excluding carboxylic acids is 2. The van der Waals surface area contributed by atoms with Gasteiger partial charge in [-0.25, -0.2) is 4.99 Å². The molecule has 0 rings (SSSR count). The number of nitrogens with zero attached hydrogens (tertiary/aromatic N) is 4. The highest BCUT2D eigenvalue weighted by Crippen LogP contribution is 2.20. The quantitative estimate of drug-likeness (QED) is 0.0335. The van der Waals surface area contributed by atoms with Gasteiger partial charge in [0.2, 0.25) is 5.91 Å². The van der Waals surface area contributed by atoms with E-state index in [0.29, 0.717) is 30.8 Å². The molecule has 2 unspecified atom stereocenters. The lowest BCUT2D eigenvalue weighted by Gasteiger charge is -2.27. The molecular formula is C36H58N6O2. The number of hydrogen-bond donors (Lipinski definition) is 2. The molecule has 3 N–H and O–H groups in total. The maximum absolute atomic E-state index is 11.6. The summed E-state index contributed by atoms with van der Waals surface area (Å²) in [6.07, 6.45) is 23.8. The molecular weight excluding hydrogens is 548 g/mol. The Labute approximate surface area is 267 Å². The molecule has 0 saturated heterocycles. The van der Waals surface area contributed by atoms with E-state index < -0.39 is 0 Å². The third kappa shape index (κ3) is 19.3. The molecule has 8 heteroatoms. The Hall–Kier alpha value is -3.94. The van der Waals surface area contributed by atoms with Crippen LogP contribution in [0.5, 0.6) is 0 Å². The summed E-state index contributed by atoms with van der Waals surface area (Å²) in [6, 6.07) is 0. The lowest BCUT2D eigenvalue weighted by Crippen LogP contribution is -2.30. The largest absolute Gasteiger partial charge is 0.387 e. The third-order valence-electron chi connectivity index (χ3n) is 6.47. The second-order valence-electron chi connectivity index (χ2n) is 10.9. The number of nitrogens with one attached hydrogen (secondary N) is 1. The second kappa shape index (κ2) is 24.5. The number of carbonyl (C=O) groups is 2. The van der Waals surface area contributed by atoms with Gasteiger partial charge in [-0.15, -0.1) is 0 Å². The van der Waals surface area contributed by atoms with E-state index in [1.165, 1.54) is 0 Å². The molecule has 0 heterocycles. The number of aldehydes is 1. The molecule has 0 aromatic rings. The summed E-state index contributed by atoms with van der Waals surface area (Å²) in [7, 11) is 3.36. The topological polar surface area (TPSA) is 103 Å². The van der Waals surface area contributed by atoms with E-state index in [-0.39, 0.29) is 24.3 Å². The summed E-state index contributed by atoms with van der Waals surface area (Å²) in [6.45, 7) is 20.9. The van der Waals surface area contributed by atoms with Crippen molar-refractivity contribution in [1.29, 1.82) is 0 Å². The Kier molecular flexibility index (Phi) is 22.3. The van der Waals surface area contributed by atoms with Crippen molar-refractivity contribution in [1.82, 2.24) is 15.2 Å². The van der Waals surface area contributed by atoms with E-state index >= 15 is 0 Å². The highest BCUT2D eigenvalue weighted by atomic mass is 16.2. The van der Waals surface area contributed by atoms with Crippen LogP contribution in [0.1, 0.15) is 73.1 Å². The van der Waals surface area contributed by atoms with Crippen molar-refractivity contribution < 1.29 is 9.59 Å². The number of aliphatic imine (C=N–C) groups is 1. The van der Waals surface area contributed by atoms with Crippen molar-refractivity contribution in [3.05, 3.63) is 84.3 Å². The van der Waals surface area contributed by atoms with Gasteiger partial charge in [-0.05, 0) is 43.8 Å². The first-order valence-electron chi connectivity index (χ1n) is 15.7. The molecule has 0 aliphatic heterocycles. The lowest BCUT2D eigenvalue weighted by atomic mass is 10.0. The Morgan fingerprint density at radius 1 is 1.05 bits per heavy atom. The summed E-state index contributed by atoms with van der Waals surface area (Å²) in [5, 5.41) is 8.56. The average Bonchev–Trinajstić information content (AvgIpc) is 2.98. The van der Waals surface area contributed by atoms with E-state index in [4.69, 9.17) is 5.73 Å². The van der Waals surface area contributed by atoms with Gasteiger partial charge in [0, 0.05) is 69.5 Å². The summed E-state index contributed by atoms with van der Waals surface area (Å²) >= 11 is 0. The maximum atomic E-state index is 11.6. The van der Waals surface area contributed by atoms with Gasteiger partial charge in [0.25, 0.3) is 0 Å². The van der Waals surface area contributed by atoms with Crippen molar-refractivity contribution in [2.45, 2.75) is 73.1 Å². The van der Waals surface area contributed by atoms with Crippen LogP contribution in [0, 0.1) is 11.8 Å². The van der Waals surface area contributed by atoms with Crippen molar-refractivity contribution in [3.8, 4) is 0 Å². The first-order valence-corrected chi connectivity index (χ1v) is 15.7. The van der Waals surface area contributed by atoms with E-state index in [1.54, 1.807) is 25.3 Å². The Morgan fingerprint density at radius 2 is 1.73 bits per heavy atom. The predicted octanol–water partition coefficient (Wildman–Crippen LogP) is 6.73. The molecule has 0 radical (unpaired) electrons. The van der Waals surface area contributed by atoms with Crippen LogP contribution >= 0.6 is 0 Å². The molecule has 2 atom stereocenters. The number of rotatable bonds is 23. The monoisotopic (exact) mass is 606 g/mol. The van der Waals surface area contributed by atoms with Crippen LogP contribution in [0.4, 0.5) is 0 Å². The molecule has 0 aliphatic rings. The fraction of sp³-hybridized carbons (Fsp3) is 0.500. The fourth-order valence-electron chi connectivity index (χ4n) is 4.18. The number of hydrazone groups is 1. The zero-order valence-electron chi connectivity index (χ0n) is 28.4. The predicted molar refractivity (Wildman–Crippen MR) is 189 cm³/mol. The average molecular weight is 607 g/mol. The van der Waals surface area contributed by atoms with Gasteiger partial charge in [0.15, 0.2) is 0 Å². The molecule has 0 spiro atoms. The highest BCUT2D eigenvalue weighted by molar-refractivity contribution is 5.84. The molecule has 44 heavy (non-hydrogen) atoms. The van der Waals surface area contributed by atoms with Crippen LogP contribution in [0.2, 0.25) is 0 Å². The smallest absolute Gasteiger partial charge is 0.241 e. The van der Waals surface area contributed by atoms with Gasteiger partial charge in [0.05, 0.1) is 0 Å². The van der Waals surface area contributed by atoms with Gasteiger partial charge in [-0.1, -0.05) is 89.5 Å². The number of allylic oxidation sites excluding steroid dienone is 10. The number of nitrogens with two attached hydrogens (primary N) is 1. The maximum Gasteiger partial charge on any atom is 0.241 e. The summed E-state index contributed by atoms with van der Waals surface area (Å²) in [5.74, 6) is 0.293. The minimum Gasteiger partial charge on any atom is -0.387 e. The van der Waals surface area contributed by atoms with Crippen LogP contribution in [-0.4, -0.2) is 67.9 Å². The summed E-state index contributed by atoms with van der Waals surface area (Å²) < 4.78 is 0. The SMILES string of the molecule is C=C(CC=C/C(=C/C(C)/C=N\N(C)CC(=O)NC)C/C=C\C(C)C=O)N=C(N)C/C(=C\C/C=C\C)C(=C)N(CCC)CCC. The Balaban J connectivity index is 5.70. The van der Waals surface area contributed by atoms with E-state index in [0.717, 1.165) is 55.5 Å². The zero-order chi connectivity index (χ0) is 33.3. The normalized spacial score (nSPS) is 14.5. The van der Waals surface area contributed by atoms with Crippen molar-refractivity contribution in [2.24, 2.45) is 27.7 Å². The number of hydrogen-bond acceptors (Lipinski definition) is 6. The van der Waals surface area contributed by atoms with Crippen LogP contribution in [-0.2, 0) is 9.59 Å². The summed E-state index contributed by atoms with van der Waals surface area (Å²) in [5.41, 5.74) is 10.3. The van der Waals surface area contributed by atoms with Gasteiger partial charge in [-0.2, -0.15) is 5.10 Å². The van der Waals surface area contributed by atoms with Crippen LogP contribution in [0.3, 0.4) is 0 Å². The number of amides is 1. The van der Waals surface area contributed by atoms with Crippen molar-refractivity contribution >= 4 is 24.2 Å². The zero-order valence-corrected chi connectivity index (χ0v) is 28.4. The molecule has 244 valence electrons. The van der Waals surface area contributed by atoms with E-state index in [9.17, 15) is 9.59 Å².